The molecule has 0 fully saturated rings. The number of aliphatic hydroxyl groups excluding tert-OH is 1. The molecule has 0 aliphatic carbocycles. The van der Waals surface area contributed by atoms with Gasteiger partial charge in [0.15, 0.2) is 0 Å². The van der Waals surface area contributed by atoms with Crippen LogP contribution in [0.25, 0.3) is 10.8 Å². The minimum atomic E-state index is -0.879. The molecule has 0 amide bonds. The van der Waals surface area contributed by atoms with Crippen LogP contribution in [0.5, 0.6) is 0 Å². The fourth-order valence-electron chi connectivity index (χ4n) is 1.79. The van der Waals surface area contributed by atoms with Crippen molar-refractivity contribution in [1.29, 1.82) is 5.26 Å². The van der Waals surface area contributed by atoms with Crippen LogP contribution in [-0.2, 0) is 6.42 Å². The van der Waals surface area contributed by atoms with Gasteiger partial charge in [0.2, 0.25) is 0 Å². The van der Waals surface area contributed by atoms with Crippen LogP contribution in [0.3, 0.4) is 0 Å². The fourth-order valence-corrected chi connectivity index (χ4v) is 1.97. The van der Waals surface area contributed by atoms with E-state index >= 15 is 0 Å². The predicted octanol–water partition coefficient (Wildman–Crippen LogP) is 3.31. The minimum absolute atomic E-state index is 0.468. The zero-order valence-electron chi connectivity index (χ0n) is 9.23. The van der Waals surface area contributed by atoms with Crippen molar-refractivity contribution in [1.82, 2.24) is 0 Å². The van der Waals surface area contributed by atoms with Gasteiger partial charge in [0.25, 0.3) is 0 Å². The molecule has 0 aromatic heterocycles. The van der Waals surface area contributed by atoms with Crippen LogP contribution in [0.2, 0.25) is 5.02 Å². The van der Waals surface area contributed by atoms with Crippen LogP contribution in [0, 0.1) is 11.3 Å². The van der Waals surface area contributed by atoms with E-state index in [1.165, 1.54) is 0 Å². The molecule has 1 atom stereocenters. The van der Waals surface area contributed by atoms with Gasteiger partial charge < -0.3 is 5.11 Å². The molecular weight excluding hydrogens is 234 g/mol. The summed E-state index contributed by atoms with van der Waals surface area (Å²) in [5.41, 5.74) is 1.12. The molecule has 3 heteroatoms. The van der Waals surface area contributed by atoms with Crippen LogP contribution in [0.4, 0.5) is 0 Å². The van der Waals surface area contributed by atoms with E-state index in [1.54, 1.807) is 0 Å². The summed E-state index contributed by atoms with van der Waals surface area (Å²) in [4.78, 5) is 0. The fraction of sp³-hybridized carbons (Fsp3) is 0.214. The lowest BCUT2D eigenvalue weighted by Gasteiger charge is -2.05. The number of rotatable bonds is 3. The Kier molecular flexibility index (Phi) is 3.63. The zero-order valence-corrected chi connectivity index (χ0v) is 9.98. The van der Waals surface area contributed by atoms with Gasteiger partial charge in [0.05, 0.1) is 6.07 Å². The first-order valence-electron chi connectivity index (χ1n) is 5.45. The van der Waals surface area contributed by atoms with Gasteiger partial charge in [-0.1, -0.05) is 35.9 Å². The number of benzene rings is 2. The summed E-state index contributed by atoms with van der Waals surface area (Å²) < 4.78 is 0. The lowest BCUT2D eigenvalue weighted by molar-refractivity contribution is 0.220. The molecule has 1 N–H and O–H groups in total. The summed E-state index contributed by atoms with van der Waals surface area (Å²) in [7, 11) is 0. The van der Waals surface area contributed by atoms with Crippen molar-refractivity contribution in [2.75, 3.05) is 0 Å². The van der Waals surface area contributed by atoms with Crippen molar-refractivity contribution >= 4 is 22.4 Å². The molecular formula is C14H12ClNO. The number of halogens is 1. The number of hydrogen-bond donors (Lipinski definition) is 1. The van der Waals surface area contributed by atoms with Gasteiger partial charge >= 0.3 is 0 Å². The lowest BCUT2D eigenvalue weighted by Crippen LogP contribution is -2.03. The number of aliphatic hydroxyl groups is 1. The Morgan fingerprint density at radius 3 is 2.65 bits per heavy atom. The second kappa shape index (κ2) is 5.18. The number of nitrogens with zero attached hydrogens (tertiary/aromatic N) is 1. The Hall–Kier alpha value is -1.56. The smallest absolute Gasteiger partial charge is 0.140 e. The first-order chi connectivity index (χ1) is 8.19. The van der Waals surface area contributed by atoms with Gasteiger partial charge in [-0.15, -0.1) is 0 Å². The molecule has 86 valence electrons. The largest absolute Gasteiger partial charge is 0.378 e. The third kappa shape index (κ3) is 2.97. The summed E-state index contributed by atoms with van der Waals surface area (Å²) in [6.45, 7) is 0. The van der Waals surface area contributed by atoms with Crippen LogP contribution in [0.1, 0.15) is 12.0 Å². The molecule has 0 aliphatic rings. The van der Waals surface area contributed by atoms with Gasteiger partial charge in [-0.05, 0) is 41.3 Å². The van der Waals surface area contributed by atoms with E-state index in [1.807, 2.05) is 36.4 Å². The minimum Gasteiger partial charge on any atom is -0.378 e. The van der Waals surface area contributed by atoms with Crippen LogP contribution in [-0.4, -0.2) is 11.2 Å². The summed E-state index contributed by atoms with van der Waals surface area (Å²) in [6, 6.07) is 13.6. The Labute approximate surface area is 105 Å². The van der Waals surface area contributed by atoms with Gasteiger partial charge in [0, 0.05) is 5.02 Å². The molecule has 0 radical (unpaired) electrons. The van der Waals surface area contributed by atoms with Crippen molar-refractivity contribution < 1.29 is 5.11 Å². The van der Waals surface area contributed by atoms with Crippen LogP contribution >= 0.6 is 11.6 Å². The molecule has 2 nitrogen and oxygen atoms in total. The first kappa shape index (κ1) is 11.9. The second-order valence-electron chi connectivity index (χ2n) is 4.01. The van der Waals surface area contributed by atoms with Gasteiger partial charge in [-0.2, -0.15) is 5.26 Å². The van der Waals surface area contributed by atoms with Crippen LogP contribution < -0.4 is 0 Å². The second-order valence-corrected chi connectivity index (χ2v) is 4.45. The molecule has 0 heterocycles. The Bertz CT molecular complexity index is 574. The first-order valence-corrected chi connectivity index (χ1v) is 5.83. The maximum atomic E-state index is 9.19. The topological polar surface area (TPSA) is 44.0 Å². The van der Waals surface area contributed by atoms with E-state index in [2.05, 4.69) is 6.07 Å². The Morgan fingerprint density at radius 2 is 1.88 bits per heavy atom. The Balaban J connectivity index is 2.21. The molecule has 0 spiro atoms. The normalized spacial score (nSPS) is 12.3. The number of nitriles is 1. The SMILES string of the molecule is N#CC(O)CCc1ccc2cc(Cl)ccc2c1. The van der Waals surface area contributed by atoms with Crippen molar-refractivity contribution in [3.05, 3.63) is 47.0 Å². The highest BCUT2D eigenvalue weighted by atomic mass is 35.5. The molecule has 0 bridgehead atoms. The third-order valence-corrected chi connectivity index (χ3v) is 2.96. The molecule has 0 saturated heterocycles. The zero-order chi connectivity index (χ0) is 12.3. The molecule has 2 rings (SSSR count). The quantitative estimate of drug-likeness (QED) is 0.844. The van der Waals surface area contributed by atoms with E-state index < -0.39 is 6.10 Å². The maximum absolute atomic E-state index is 9.19. The lowest BCUT2D eigenvalue weighted by atomic mass is 10.0. The summed E-state index contributed by atoms with van der Waals surface area (Å²) in [5.74, 6) is 0. The van der Waals surface area contributed by atoms with Gasteiger partial charge in [0.1, 0.15) is 6.10 Å². The van der Waals surface area contributed by atoms with E-state index in [-0.39, 0.29) is 0 Å². The van der Waals surface area contributed by atoms with E-state index in [9.17, 15) is 5.11 Å². The summed E-state index contributed by atoms with van der Waals surface area (Å²) in [6.07, 6.45) is 0.291. The van der Waals surface area contributed by atoms with Crippen molar-refractivity contribution in [2.24, 2.45) is 0 Å². The van der Waals surface area contributed by atoms with Crippen molar-refractivity contribution in [3.63, 3.8) is 0 Å². The molecule has 0 aliphatic heterocycles. The van der Waals surface area contributed by atoms with Gasteiger partial charge in [-0.25, -0.2) is 0 Å². The molecule has 17 heavy (non-hydrogen) atoms. The number of aryl methyl sites for hydroxylation is 1. The molecule has 2 aromatic carbocycles. The van der Waals surface area contributed by atoms with Crippen molar-refractivity contribution in [2.45, 2.75) is 18.9 Å². The number of hydrogen-bond acceptors (Lipinski definition) is 2. The average Bonchev–Trinajstić information content (AvgIpc) is 2.35. The highest BCUT2D eigenvalue weighted by Gasteiger charge is 2.03. The number of fused-ring (bicyclic) bond motifs is 1. The highest BCUT2D eigenvalue weighted by molar-refractivity contribution is 6.31. The van der Waals surface area contributed by atoms with E-state index in [0.717, 1.165) is 21.4 Å². The maximum Gasteiger partial charge on any atom is 0.140 e. The average molecular weight is 246 g/mol. The summed E-state index contributed by atoms with van der Waals surface area (Å²) in [5, 5.41) is 20.6. The third-order valence-electron chi connectivity index (χ3n) is 2.72. The molecule has 0 saturated carbocycles. The molecule has 1 unspecified atom stereocenters. The monoisotopic (exact) mass is 245 g/mol. The van der Waals surface area contributed by atoms with Crippen molar-refractivity contribution in [3.8, 4) is 6.07 Å². The standard InChI is InChI=1S/C14H12ClNO/c15-13-5-4-11-7-10(1-3-12(11)8-13)2-6-14(17)9-16/h1,3-5,7-8,14,17H,2,6H2. The highest BCUT2D eigenvalue weighted by Crippen LogP contribution is 2.21. The summed E-state index contributed by atoms with van der Waals surface area (Å²) >= 11 is 5.91. The van der Waals surface area contributed by atoms with Gasteiger partial charge in [-0.3, -0.25) is 0 Å². The Morgan fingerprint density at radius 1 is 1.18 bits per heavy atom. The van der Waals surface area contributed by atoms with E-state index in [4.69, 9.17) is 16.9 Å². The predicted molar refractivity (Wildman–Crippen MR) is 68.9 cm³/mol. The van der Waals surface area contributed by atoms with E-state index in [0.29, 0.717) is 12.8 Å². The van der Waals surface area contributed by atoms with Crippen LogP contribution in [0.15, 0.2) is 36.4 Å². The molecule has 2 aromatic rings.